The van der Waals surface area contributed by atoms with Gasteiger partial charge in [0, 0.05) is 19.3 Å². The van der Waals surface area contributed by atoms with E-state index in [2.05, 4.69) is 12.2 Å². The summed E-state index contributed by atoms with van der Waals surface area (Å²) in [5.41, 5.74) is 1.82. The molecule has 4 heteroatoms. The second-order valence-electron chi connectivity index (χ2n) is 6.54. The van der Waals surface area contributed by atoms with Gasteiger partial charge in [-0.3, -0.25) is 9.59 Å². The van der Waals surface area contributed by atoms with Gasteiger partial charge in [0.25, 0.3) is 0 Å². The first-order valence-corrected chi connectivity index (χ1v) is 7.83. The number of carbonyl (C=O) groups excluding carboxylic acids is 2. The third-order valence-electron chi connectivity index (χ3n) is 3.78. The summed E-state index contributed by atoms with van der Waals surface area (Å²) in [4.78, 5) is 26.7. The minimum atomic E-state index is -1.08. The first kappa shape index (κ1) is 18.2. The summed E-state index contributed by atoms with van der Waals surface area (Å²) in [6.45, 7) is 10.1. The van der Waals surface area contributed by atoms with Crippen LogP contribution in [0.5, 0.6) is 0 Å². The maximum absolute atomic E-state index is 12.5. The van der Waals surface area contributed by atoms with Gasteiger partial charge in [-0.2, -0.15) is 0 Å². The lowest BCUT2D eigenvalue weighted by atomic mass is 9.90. The highest BCUT2D eigenvalue weighted by Gasteiger charge is 2.38. The Morgan fingerprint density at radius 3 is 2.18 bits per heavy atom. The molecule has 0 radical (unpaired) electrons. The van der Waals surface area contributed by atoms with E-state index in [0.717, 1.165) is 29.7 Å². The Bertz CT molecular complexity index is 530. The fourth-order valence-electron chi connectivity index (χ4n) is 2.41. The summed E-state index contributed by atoms with van der Waals surface area (Å²) in [5.74, 6) is -0.423. The van der Waals surface area contributed by atoms with Crippen LogP contribution in [0.3, 0.4) is 0 Å². The molecule has 0 saturated heterocycles. The van der Waals surface area contributed by atoms with Gasteiger partial charge in [-0.1, -0.05) is 19.4 Å². The number of nitrogens with one attached hydrogen (secondary N) is 1. The van der Waals surface area contributed by atoms with Crippen molar-refractivity contribution < 1.29 is 9.59 Å². The van der Waals surface area contributed by atoms with E-state index in [0.29, 0.717) is 6.54 Å². The van der Waals surface area contributed by atoms with Crippen LogP contribution in [0.15, 0.2) is 18.2 Å². The number of unbranched alkanes of at least 4 members (excludes halogenated alkanes) is 1. The quantitative estimate of drug-likeness (QED) is 0.817. The van der Waals surface area contributed by atoms with Crippen molar-refractivity contribution in [1.82, 2.24) is 4.90 Å². The molecule has 0 aromatic heterocycles. The van der Waals surface area contributed by atoms with Crippen molar-refractivity contribution >= 4 is 17.5 Å². The largest absolute Gasteiger partial charge is 0.345 e. The van der Waals surface area contributed by atoms with Gasteiger partial charge in [0.2, 0.25) is 11.8 Å². The van der Waals surface area contributed by atoms with E-state index in [1.54, 1.807) is 25.8 Å². The zero-order chi connectivity index (χ0) is 16.9. The number of benzene rings is 1. The van der Waals surface area contributed by atoms with Crippen LogP contribution in [0.25, 0.3) is 0 Å². The smallest absolute Gasteiger partial charge is 0.239 e. The minimum absolute atomic E-state index is 0.150. The third kappa shape index (κ3) is 4.58. The Kier molecular flexibility index (Phi) is 6.15. The predicted molar refractivity (Wildman–Crippen MR) is 90.9 cm³/mol. The Labute approximate surface area is 133 Å². The maximum Gasteiger partial charge on any atom is 0.239 e. The molecular weight excluding hydrogens is 276 g/mol. The van der Waals surface area contributed by atoms with Crippen LogP contribution >= 0.6 is 0 Å². The highest BCUT2D eigenvalue weighted by molar-refractivity contribution is 6.09. The molecule has 0 aliphatic heterocycles. The molecule has 1 rings (SSSR count). The number of rotatable bonds is 6. The predicted octanol–water partition coefficient (Wildman–Crippen LogP) is 3.53. The van der Waals surface area contributed by atoms with Crippen LogP contribution in [-0.2, 0) is 9.59 Å². The lowest BCUT2D eigenvalue weighted by molar-refractivity contribution is -0.145. The molecular formula is C18H28N2O2. The van der Waals surface area contributed by atoms with Crippen LogP contribution in [0, 0.1) is 19.3 Å². The molecule has 0 fully saturated rings. The fraction of sp³-hybridized carbons (Fsp3) is 0.556. The van der Waals surface area contributed by atoms with Crippen molar-refractivity contribution in [1.29, 1.82) is 0 Å². The second kappa shape index (κ2) is 7.43. The summed E-state index contributed by atoms with van der Waals surface area (Å²) in [7, 11) is 1.75. The van der Waals surface area contributed by atoms with E-state index < -0.39 is 5.41 Å². The lowest BCUT2D eigenvalue weighted by Gasteiger charge is -2.28. The first-order chi connectivity index (χ1) is 10.2. The average molecular weight is 304 g/mol. The van der Waals surface area contributed by atoms with Crippen LogP contribution in [0.1, 0.15) is 44.7 Å². The highest BCUT2D eigenvalue weighted by atomic mass is 16.2. The molecule has 0 atom stereocenters. The molecule has 0 unspecified atom stereocenters. The number of nitrogens with zero attached hydrogens (tertiary/aromatic N) is 1. The van der Waals surface area contributed by atoms with Gasteiger partial charge in [-0.25, -0.2) is 0 Å². The van der Waals surface area contributed by atoms with Crippen LogP contribution < -0.4 is 5.32 Å². The molecule has 2 amide bonds. The van der Waals surface area contributed by atoms with Crippen molar-refractivity contribution in [2.75, 3.05) is 18.9 Å². The van der Waals surface area contributed by atoms with Crippen LogP contribution in [-0.4, -0.2) is 30.3 Å². The molecule has 22 heavy (non-hydrogen) atoms. The molecule has 4 nitrogen and oxygen atoms in total. The molecule has 1 N–H and O–H groups in total. The van der Waals surface area contributed by atoms with Gasteiger partial charge in [-0.05, 0) is 57.4 Å². The molecule has 0 spiro atoms. The lowest BCUT2D eigenvalue weighted by Crippen LogP contribution is -2.46. The molecule has 0 heterocycles. The molecule has 0 aliphatic carbocycles. The van der Waals surface area contributed by atoms with E-state index in [9.17, 15) is 9.59 Å². The first-order valence-electron chi connectivity index (χ1n) is 7.83. The Hall–Kier alpha value is -1.84. The van der Waals surface area contributed by atoms with Crippen molar-refractivity contribution in [3.8, 4) is 0 Å². The summed E-state index contributed by atoms with van der Waals surface area (Å²) in [6.07, 6.45) is 1.96. The summed E-state index contributed by atoms with van der Waals surface area (Å²) < 4.78 is 0. The molecule has 1 aromatic carbocycles. The Balaban J connectivity index is 2.83. The fourth-order valence-corrected chi connectivity index (χ4v) is 2.41. The van der Waals surface area contributed by atoms with Crippen molar-refractivity contribution in [2.45, 2.75) is 47.5 Å². The molecule has 0 aliphatic rings. The van der Waals surface area contributed by atoms with Gasteiger partial charge < -0.3 is 10.2 Å². The van der Waals surface area contributed by atoms with Crippen LogP contribution in [0.2, 0.25) is 0 Å². The standard InChI is InChI=1S/C18H28N2O2/c1-7-8-9-20(6)17(22)18(4,5)16(21)19-15-11-13(2)10-14(3)12-15/h10-12H,7-9H2,1-6H3,(H,19,21). The topological polar surface area (TPSA) is 49.4 Å². The summed E-state index contributed by atoms with van der Waals surface area (Å²) in [6, 6.07) is 5.86. The van der Waals surface area contributed by atoms with Gasteiger partial charge in [0.1, 0.15) is 5.41 Å². The van der Waals surface area contributed by atoms with Crippen molar-refractivity contribution in [3.63, 3.8) is 0 Å². The maximum atomic E-state index is 12.5. The van der Waals surface area contributed by atoms with Crippen LogP contribution in [0.4, 0.5) is 5.69 Å². The van der Waals surface area contributed by atoms with Crippen molar-refractivity contribution in [3.05, 3.63) is 29.3 Å². The number of amides is 2. The highest BCUT2D eigenvalue weighted by Crippen LogP contribution is 2.23. The van der Waals surface area contributed by atoms with E-state index in [1.807, 2.05) is 32.0 Å². The van der Waals surface area contributed by atoms with Gasteiger partial charge in [0.05, 0.1) is 0 Å². The monoisotopic (exact) mass is 304 g/mol. The normalized spacial score (nSPS) is 11.2. The zero-order valence-corrected chi connectivity index (χ0v) is 14.6. The molecule has 0 saturated carbocycles. The Morgan fingerprint density at radius 1 is 1.14 bits per heavy atom. The van der Waals surface area contributed by atoms with Gasteiger partial charge >= 0.3 is 0 Å². The summed E-state index contributed by atoms with van der Waals surface area (Å²) in [5, 5.41) is 2.87. The molecule has 1 aromatic rings. The number of carbonyl (C=O) groups is 2. The van der Waals surface area contributed by atoms with Gasteiger partial charge in [-0.15, -0.1) is 0 Å². The second-order valence-corrected chi connectivity index (χ2v) is 6.54. The molecule has 122 valence electrons. The van der Waals surface area contributed by atoms with Crippen molar-refractivity contribution in [2.24, 2.45) is 5.41 Å². The van der Waals surface area contributed by atoms with E-state index in [-0.39, 0.29) is 11.8 Å². The van der Waals surface area contributed by atoms with E-state index in [1.165, 1.54) is 0 Å². The molecule has 0 bridgehead atoms. The van der Waals surface area contributed by atoms with E-state index in [4.69, 9.17) is 0 Å². The van der Waals surface area contributed by atoms with E-state index >= 15 is 0 Å². The Morgan fingerprint density at radius 2 is 1.68 bits per heavy atom. The van der Waals surface area contributed by atoms with Gasteiger partial charge in [0.15, 0.2) is 0 Å². The zero-order valence-electron chi connectivity index (χ0n) is 14.6. The number of anilines is 1. The number of aryl methyl sites for hydroxylation is 2. The summed E-state index contributed by atoms with van der Waals surface area (Å²) >= 11 is 0. The number of hydrogen-bond acceptors (Lipinski definition) is 2. The SMILES string of the molecule is CCCCN(C)C(=O)C(C)(C)C(=O)Nc1cc(C)cc(C)c1. The third-order valence-corrected chi connectivity index (χ3v) is 3.78. The minimum Gasteiger partial charge on any atom is -0.345 e. The average Bonchev–Trinajstić information content (AvgIpc) is 2.42. The number of hydrogen-bond donors (Lipinski definition) is 1.